The van der Waals surface area contributed by atoms with Crippen LogP contribution < -0.4 is 9.47 Å². The first-order valence-electron chi connectivity index (χ1n) is 15.5. The van der Waals surface area contributed by atoms with Crippen LogP contribution in [0.5, 0.6) is 11.5 Å². The number of unbranched alkanes of at least 4 members (excludes halogenated alkanes) is 2. The van der Waals surface area contributed by atoms with Gasteiger partial charge >= 0.3 is 0 Å². The smallest absolute Gasteiger partial charge is 0.119 e. The SMILES string of the molecule is CCCC1CCC(c2ccc(OC)cc2)CC1.CCCCCC1CCC(c2ccc(OCC)cc2)CC1. The summed E-state index contributed by atoms with van der Waals surface area (Å²) >= 11 is 0. The van der Waals surface area contributed by atoms with Gasteiger partial charge in [-0.25, -0.2) is 0 Å². The van der Waals surface area contributed by atoms with Crippen molar-refractivity contribution in [2.75, 3.05) is 13.7 Å². The predicted octanol–water partition coefficient (Wildman–Crippen LogP) is 10.7. The molecule has 2 nitrogen and oxygen atoms in total. The number of hydrogen-bond donors (Lipinski definition) is 0. The number of methoxy groups -OCH3 is 1. The summed E-state index contributed by atoms with van der Waals surface area (Å²) in [6, 6.07) is 17.5. The second-order valence-electron chi connectivity index (χ2n) is 11.5. The Hall–Kier alpha value is -1.96. The summed E-state index contributed by atoms with van der Waals surface area (Å²) in [6.07, 6.45) is 19.6. The highest BCUT2D eigenvalue weighted by Crippen LogP contribution is 2.39. The summed E-state index contributed by atoms with van der Waals surface area (Å²) < 4.78 is 10.7. The minimum absolute atomic E-state index is 0.752. The number of ether oxygens (including phenoxy) is 2. The molecule has 2 aliphatic carbocycles. The molecule has 0 atom stereocenters. The van der Waals surface area contributed by atoms with Crippen molar-refractivity contribution in [1.29, 1.82) is 0 Å². The molecule has 37 heavy (non-hydrogen) atoms. The van der Waals surface area contributed by atoms with Crippen LogP contribution in [-0.2, 0) is 0 Å². The summed E-state index contributed by atoms with van der Waals surface area (Å²) in [7, 11) is 1.73. The van der Waals surface area contributed by atoms with Crippen LogP contribution in [0.2, 0.25) is 0 Å². The standard InChI is InChI=1S/C19H30O.C16H24O/c1-3-5-6-7-16-8-10-17(11-9-16)18-12-14-19(15-13-18)20-4-2;1-3-4-13-5-7-14(8-6-13)15-9-11-16(17-2)12-10-15/h12-17H,3-11H2,1-2H3;9-14H,3-8H2,1-2H3. The Kier molecular flexibility index (Phi) is 13.4. The Bertz CT molecular complexity index is 825. The molecule has 0 bridgehead atoms. The van der Waals surface area contributed by atoms with Crippen molar-refractivity contribution in [2.45, 2.75) is 122 Å². The zero-order valence-electron chi connectivity index (χ0n) is 24.4. The monoisotopic (exact) mass is 506 g/mol. The lowest BCUT2D eigenvalue weighted by molar-refractivity contribution is 0.302. The van der Waals surface area contributed by atoms with Gasteiger partial charge in [-0.05, 0) is 117 Å². The molecule has 2 aliphatic rings. The van der Waals surface area contributed by atoms with Gasteiger partial charge in [-0.3, -0.25) is 0 Å². The normalized spacial score (nSPS) is 23.6. The molecular weight excluding hydrogens is 452 g/mol. The van der Waals surface area contributed by atoms with E-state index < -0.39 is 0 Å². The largest absolute Gasteiger partial charge is 0.497 e. The van der Waals surface area contributed by atoms with Crippen molar-refractivity contribution in [1.82, 2.24) is 0 Å². The third-order valence-electron chi connectivity index (χ3n) is 8.86. The minimum atomic E-state index is 0.752. The van der Waals surface area contributed by atoms with Crippen LogP contribution >= 0.6 is 0 Å². The predicted molar refractivity (Wildman–Crippen MR) is 159 cm³/mol. The topological polar surface area (TPSA) is 18.5 Å². The van der Waals surface area contributed by atoms with Crippen molar-refractivity contribution in [2.24, 2.45) is 11.8 Å². The van der Waals surface area contributed by atoms with Crippen molar-refractivity contribution in [3.63, 3.8) is 0 Å². The maximum atomic E-state index is 5.52. The molecule has 206 valence electrons. The van der Waals surface area contributed by atoms with Crippen molar-refractivity contribution in [3.8, 4) is 11.5 Å². The molecule has 2 aromatic carbocycles. The molecular formula is C35H54O2. The lowest BCUT2D eigenvalue weighted by Crippen LogP contribution is -2.13. The third-order valence-corrected chi connectivity index (χ3v) is 8.86. The second kappa shape index (κ2) is 16.8. The van der Waals surface area contributed by atoms with Gasteiger partial charge in [-0.15, -0.1) is 0 Å². The molecule has 0 heterocycles. The van der Waals surface area contributed by atoms with Gasteiger partial charge in [0.1, 0.15) is 11.5 Å². The van der Waals surface area contributed by atoms with Gasteiger partial charge in [-0.1, -0.05) is 76.6 Å². The Morgan fingerprint density at radius 1 is 0.568 bits per heavy atom. The van der Waals surface area contributed by atoms with Gasteiger partial charge < -0.3 is 9.47 Å². The fourth-order valence-corrected chi connectivity index (χ4v) is 6.54. The number of rotatable bonds is 11. The highest BCUT2D eigenvalue weighted by atomic mass is 16.5. The highest BCUT2D eigenvalue weighted by Gasteiger charge is 2.22. The van der Waals surface area contributed by atoms with Gasteiger partial charge in [-0.2, -0.15) is 0 Å². The molecule has 0 amide bonds. The van der Waals surface area contributed by atoms with Crippen LogP contribution in [0.15, 0.2) is 48.5 Å². The molecule has 2 heteroatoms. The van der Waals surface area contributed by atoms with E-state index >= 15 is 0 Å². The van der Waals surface area contributed by atoms with Crippen LogP contribution in [0.4, 0.5) is 0 Å². The molecule has 2 fully saturated rings. The average molecular weight is 507 g/mol. The summed E-state index contributed by atoms with van der Waals surface area (Å²) in [5.41, 5.74) is 3.02. The van der Waals surface area contributed by atoms with Gasteiger partial charge in [0.2, 0.25) is 0 Å². The van der Waals surface area contributed by atoms with E-state index in [1.807, 2.05) is 6.92 Å². The van der Waals surface area contributed by atoms with Gasteiger partial charge in [0.25, 0.3) is 0 Å². The molecule has 0 spiro atoms. The summed E-state index contributed by atoms with van der Waals surface area (Å²) in [5.74, 6) is 5.54. The Morgan fingerprint density at radius 2 is 1.05 bits per heavy atom. The van der Waals surface area contributed by atoms with Gasteiger partial charge in [0, 0.05) is 0 Å². The zero-order valence-corrected chi connectivity index (χ0v) is 24.4. The van der Waals surface area contributed by atoms with Crippen molar-refractivity contribution < 1.29 is 9.47 Å². The van der Waals surface area contributed by atoms with E-state index in [9.17, 15) is 0 Å². The molecule has 0 radical (unpaired) electrons. The van der Waals surface area contributed by atoms with E-state index in [0.29, 0.717) is 0 Å². The fourth-order valence-electron chi connectivity index (χ4n) is 6.54. The van der Waals surface area contributed by atoms with Crippen LogP contribution in [0.1, 0.15) is 134 Å². The maximum absolute atomic E-state index is 5.52. The van der Waals surface area contributed by atoms with Crippen LogP contribution in [0, 0.1) is 11.8 Å². The quantitative estimate of drug-likeness (QED) is 0.282. The summed E-state index contributed by atoms with van der Waals surface area (Å²) in [4.78, 5) is 0. The molecule has 0 saturated heterocycles. The van der Waals surface area contributed by atoms with Crippen molar-refractivity contribution in [3.05, 3.63) is 59.7 Å². The van der Waals surface area contributed by atoms with Gasteiger partial charge in [0.05, 0.1) is 13.7 Å². The van der Waals surface area contributed by atoms with E-state index in [1.165, 1.54) is 101 Å². The summed E-state index contributed by atoms with van der Waals surface area (Å²) in [6.45, 7) is 7.38. The Morgan fingerprint density at radius 3 is 1.49 bits per heavy atom. The van der Waals surface area contributed by atoms with E-state index in [0.717, 1.165) is 41.8 Å². The molecule has 0 aromatic heterocycles. The molecule has 2 aromatic rings. The van der Waals surface area contributed by atoms with E-state index in [-0.39, 0.29) is 0 Å². The maximum Gasteiger partial charge on any atom is 0.119 e. The Balaban J connectivity index is 0.000000208. The molecule has 0 aliphatic heterocycles. The lowest BCUT2D eigenvalue weighted by Gasteiger charge is -2.29. The number of hydrogen-bond acceptors (Lipinski definition) is 2. The average Bonchev–Trinajstić information content (AvgIpc) is 2.95. The zero-order chi connectivity index (χ0) is 26.3. The van der Waals surface area contributed by atoms with Crippen molar-refractivity contribution >= 4 is 0 Å². The molecule has 4 rings (SSSR count). The molecule has 0 unspecified atom stereocenters. The summed E-state index contributed by atoms with van der Waals surface area (Å²) in [5, 5.41) is 0. The third kappa shape index (κ3) is 10.0. The Labute approximate surface area is 228 Å². The first-order chi connectivity index (χ1) is 18.2. The van der Waals surface area contributed by atoms with E-state index in [4.69, 9.17) is 9.47 Å². The van der Waals surface area contributed by atoms with Gasteiger partial charge in [0.15, 0.2) is 0 Å². The first-order valence-corrected chi connectivity index (χ1v) is 15.5. The van der Waals surface area contributed by atoms with Crippen LogP contribution in [0.3, 0.4) is 0 Å². The molecule has 2 saturated carbocycles. The van der Waals surface area contributed by atoms with E-state index in [2.05, 4.69) is 62.4 Å². The molecule has 0 N–H and O–H groups in total. The fraction of sp³-hybridized carbons (Fsp3) is 0.657. The number of benzene rings is 2. The lowest BCUT2D eigenvalue weighted by atomic mass is 9.77. The van der Waals surface area contributed by atoms with Crippen LogP contribution in [0.25, 0.3) is 0 Å². The minimum Gasteiger partial charge on any atom is -0.497 e. The van der Waals surface area contributed by atoms with E-state index in [1.54, 1.807) is 7.11 Å². The highest BCUT2D eigenvalue weighted by molar-refractivity contribution is 5.30. The first kappa shape index (κ1) is 29.6. The van der Waals surface area contributed by atoms with Crippen LogP contribution in [-0.4, -0.2) is 13.7 Å². The second-order valence-corrected chi connectivity index (χ2v) is 11.5.